The zero-order valence-corrected chi connectivity index (χ0v) is 21.6. The second-order valence-corrected chi connectivity index (χ2v) is 9.29. The summed E-state index contributed by atoms with van der Waals surface area (Å²) in [5.74, 6) is 0.102. The number of aromatic nitrogens is 4. The molecule has 1 aliphatic rings. The van der Waals surface area contributed by atoms with E-state index in [1.165, 1.54) is 18.3 Å². The maximum Gasteiger partial charge on any atom is 0.573 e. The van der Waals surface area contributed by atoms with E-state index in [2.05, 4.69) is 34.1 Å². The van der Waals surface area contributed by atoms with Crippen LogP contribution in [0.5, 0.6) is 5.75 Å². The van der Waals surface area contributed by atoms with E-state index in [1.54, 1.807) is 24.7 Å². The van der Waals surface area contributed by atoms with Crippen molar-refractivity contribution < 1.29 is 22.7 Å². The normalized spacial score (nSPS) is 12.6. The summed E-state index contributed by atoms with van der Waals surface area (Å²) in [7, 11) is 0. The number of nitrogens with one attached hydrogen (secondary N) is 2. The van der Waals surface area contributed by atoms with Gasteiger partial charge >= 0.3 is 12.4 Å². The molecule has 0 radical (unpaired) electrons. The number of hydrogen-bond acceptors (Lipinski definition) is 7. The summed E-state index contributed by atoms with van der Waals surface area (Å²) < 4.78 is 49.9. The van der Waals surface area contributed by atoms with Crippen LogP contribution in [-0.4, -0.2) is 38.1 Å². The minimum Gasteiger partial charge on any atom is -0.406 e. The number of imidazole rings is 1. The quantitative estimate of drug-likeness (QED) is 0.233. The van der Waals surface area contributed by atoms with Gasteiger partial charge in [0.1, 0.15) is 12.1 Å². The molecule has 0 spiro atoms. The fraction of sp³-hybridized carbons (Fsp3) is 0.192. The van der Waals surface area contributed by atoms with E-state index in [9.17, 15) is 18.0 Å². The molecular weight excluding hydrogens is 531 g/mol. The van der Waals surface area contributed by atoms with E-state index in [-0.39, 0.29) is 5.75 Å². The van der Waals surface area contributed by atoms with Gasteiger partial charge in [0.05, 0.1) is 35.4 Å². The van der Waals surface area contributed by atoms with Gasteiger partial charge in [0, 0.05) is 23.1 Å². The minimum absolute atomic E-state index is 0.288. The number of aryl methyl sites for hydroxylation is 3. The van der Waals surface area contributed by atoms with Crippen molar-refractivity contribution in [1.82, 2.24) is 24.2 Å². The fourth-order valence-corrected chi connectivity index (χ4v) is 4.61. The number of halogens is 3. The Morgan fingerprint density at radius 2 is 1.85 bits per heavy atom. The van der Waals surface area contributed by atoms with Crippen LogP contribution >= 0.6 is 12.1 Å². The summed E-state index contributed by atoms with van der Waals surface area (Å²) in [5.41, 5.74) is 6.56. The molecule has 0 atom stereocenters. The molecule has 2 amide bonds. The van der Waals surface area contributed by atoms with Crippen LogP contribution in [0.3, 0.4) is 0 Å². The average molecular weight is 554 g/mol. The van der Waals surface area contributed by atoms with Crippen molar-refractivity contribution >= 4 is 30.1 Å². The first-order valence-corrected chi connectivity index (χ1v) is 12.6. The third kappa shape index (κ3) is 6.03. The molecule has 5 rings (SSSR count). The lowest BCUT2D eigenvalue weighted by atomic mass is 9.97. The molecule has 0 saturated heterocycles. The number of alkyl halides is 3. The highest BCUT2D eigenvalue weighted by atomic mass is 32.2. The lowest BCUT2D eigenvalue weighted by Gasteiger charge is -2.17. The molecule has 0 bridgehead atoms. The zero-order chi connectivity index (χ0) is 27.6. The Kier molecular flexibility index (Phi) is 7.24. The number of hydrogen-bond donors (Lipinski definition) is 2. The molecule has 0 saturated carbocycles. The van der Waals surface area contributed by atoms with Gasteiger partial charge < -0.3 is 14.6 Å². The van der Waals surface area contributed by atoms with E-state index in [0.717, 1.165) is 51.6 Å². The number of para-hydroxylation sites is 1. The average Bonchev–Trinajstić information content (AvgIpc) is 3.33. The first-order valence-electron chi connectivity index (χ1n) is 11.8. The van der Waals surface area contributed by atoms with Crippen LogP contribution < -0.4 is 14.8 Å². The van der Waals surface area contributed by atoms with Crippen molar-refractivity contribution in [2.45, 2.75) is 33.1 Å². The largest absolute Gasteiger partial charge is 0.573 e. The Morgan fingerprint density at radius 3 is 2.56 bits per heavy atom. The molecule has 0 fully saturated rings. The van der Waals surface area contributed by atoms with Crippen molar-refractivity contribution in [3.63, 3.8) is 0 Å². The second kappa shape index (κ2) is 10.8. The van der Waals surface area contributed by atoms with Gasteiger partial charge in [-0.3, -0.25) is 4.72 Å². The van der Waals surface area contributed by atoms with Crippen molar-refractivity contribution in [2.75, 3.05) is 5.32 Å². The number of anilines is 1. The van der Waals surface area contributed by atoms with Crippen LogP contribution in [0, 0.1) is 13.8 Å². The van der Waals surface area contributed by atoms with Gasteiger partial charge in [-0.1, -0.05) is 18.2 Å². The summed E-state index contributed by atoms with van der Waals surface area (Å²) in [5, 5.41) is 2.82. The zero-order valence-electron chi connectivity index (χ0n) is 20.8. The first-order chi connectivity index (χ1) is 18.7. The van der Waals surface area contributed by atoms with Crippen molar-refractivity contribution in [3.8, 4) is 22.7 Å². The predicted molar refractivity (Wildman–Crippen MR) is 142 cm³/mol. The number of fused-ring (bicyclic) bond motifs is 3. The highest BCUT2D eigenvalue weighted by Gasteiger charge is 2.31. The fourth-order valence-electron chi connectivity index (χ4n) is 4.28. The molecule has 0 aliphatic heterocycles. The second-order valence-electron chi connectivity index (χ2n) is 8.69. The minimum atomic E-state index is -4.74. The Hall–Kier alpha value is -4.39. The lowest BCUT2D eigenvalue weighted by Crippen LogP contribution is -2.23. The third-order valence-corrected chi connectivity index (χ3v) is 6.52. The van der Waals surface area contributed by atoms with Gasteiger partial charge in [0.2, 0.25) is 0 Å². The van der Waals surface area contributed by atoms with Gasteiger partial charge in [-0.25, -0.2) is 19.7 Å². The number of carbonyl (C=O) groups is 1. The van der Waals surface area contributed by atoms with Crippen molar-refractivity contribution in [2.24, 2.45) is 4.40 Å². The molecule has 2 N–H and O–H groups in total. The Labute approximate surface area is 225 Å². The molecule has 2 aromatic heterocycles. The van der Waals surface area contributed by atoms with Crippen LogP contribution in [0.15, 0.2) is 59.4 Å². The molecule has 39 heavy (non-hydrogen) atoms. The van der Waals surface area contributed by atoms with E-state index in [4.69, 9.17) is 0 Å². The summed E-state index contributed by atoms with van der Waals surface area (Å²) in [4.78, 5) is 25.6. The molecule has 0 unspecified atom stereocenters. The van der Waals surface area contributed by atoms with Gasteiger partial charge in [-0.2, -0.15) is 4.40 Å². The molecule has 4 aromatic rings. The Morgan fingerprint density at radius 1 is 1.10 bits per heavy atom. The molecule has 2 heterocycles. The maximum absolute atomic E-state index is 12.4. The summed E-state index contributed by atoms with van der Waals surface area (Å²) in [6, 6.07) is 11.0. The van der Waals surface area contributed by atoms with E-state index < -0.39 is 12.4 Å². The van der Waals surface area contributed by atoms with Crippen LogP contribution in [-0.2, 0) is 12.8 Å². The Balaban J connectivity index is 1.23. The SMILES string of the molecule is Cc1cccc(C)c1NC(=O)NSN=Cc1ncc2c(n1)CCc1c-2ncn1-c1ccc(OC(F)(F)F)cc1. The summed E-state index contributed by atoms with van der Waals surface area (Å²) >= 11 is 0.858. The molecule has 13 heteroatoms. The molecule has 9 nitrogen and oxygen atoms in total. The topological polar surface area (TPSA) is 106 Å². The van der Waals surface area contributed by atoms with Gasteiger partial charge in [0.25, 0.3) is 0 Å². The maximum atomic E-state index is 12.4. The lowest BCUT2D eigenvalue weighted by molar-refractivity contribution is -0.274. The number of amides is 2. The highest BCUT2D eigenvalue weighted by Crippen LogP contribution is 2.33. The molecule has 1 aliphatic carbocycles. The van der Waals surface area contributed by atoms with Gasteiger partial charge in [0.15, 0.2) is 5.82 Å². The van der Waals surface area contributed by atoms with Crippen LogP contribution in [0.25, 0.3) is 16.9 Å². The summed E-state index contributed by atoms with van der Waals surface area (Å²) in [6.45, 7) is 3.84. The van der Waals surface area contributed by atoms with E-state index in [0.29, 0.717) is 24.4 Å². The number of benzene rings is 2. The number of nitrogens with zero attached hydrogens (tertiary/aromatic N) is 5. The van der Waals surface area contributed by atoms with E-state index in [1.807, 2.05) is 36.6 Å². The van der Waals surface area contributed by atoms with Crippen molar-refractivity contribution in [3.05, 3.63) is 83.3 Å². The van der Waals surface area contributed by atoms with Gasteiger partial charge in [-0.15, -0.1) is 13.2 Å². The number of ether oxygens (including phenoxy) is 1. The van der Waals surface area contributed by atoms with Crippen molar-refractivity contribution in [1.29, 1.82) is 0 Å². The number of urea groups is 1. The highest BCUT2D eigenvalue weighted by molar-refractivity contribution is 7.96. The molecule has 2 aromatic carbocycles. The van der Waals surface area contributed by atoms with Gasteiger partial charge in [-0.05, 0) is 62.1 Å². The first kappa shape index (κ1) is 26.2. The van der Waals surface area contributed by atoms with E-state index >= 15 is 0 Å². The molecular formula is C26H22F3N7O2S. The third-order valence-electron chi connectivity index (χ3n) is 6.03. The Bertz CT molecular complexity index is 1530. The van der Waals surface area contributed by atoms with Crippen LogP contribution in [0.1, 0.15) is 28.3 Å². The summed E-state index contributed by atoms with van der Waals surface area (Å²) in [6.07, 6.45) is 1.27. The predicted octanol–water partition coefficient (Wildman–Crippen LogP) is 5.75. The molecule has 200 valence electrons. The monoisotopic (exact) mass is 553 g/mol. The van der Waals surface area contributed by atoms with Crippen LogP contribution in [0.2, 0.25) is 0 Å². The van der Waals surface area contributed by atoms with Crippen LogP contribution in [0.4, 0.5) is 23.7 Å². The standard InChI is InChI=1S/C26H22F3N7O2S/c1-15-4-3-5-16(2)23(15)34-25(37)35-39-32-13-22-30-12-19-20(33-22)10-11-21-24(19)31-14-36(21)17-6-8-18(9-7-17)38-26(27,28)29/h3-9,12-14H,10-11H2,1-2H3,(H2,34,35,37). The smallest absolute Gasteiger partial charge is 0.406 e. The number of rotatable bonds is 6. The number of carbonyl (C=O) groups excluding carboxylic acids is 1.